The number of amides is 1. The Hall–Kier alpha value is -1.63. The van der Waals surface area contributed by atoms with Crippen LogP contribution >= 0.6 is 23.2 Å². The van der Waals surface area contributed by atoms with Crippen LogP contribution in [0.4, 0.5) is 5.69 Å². The first kappa shape index (κ1) is 15.8. The summed E-state index contributed by atoms with van der Waals surface area (Å²) >= 11 is 11.9. The van der Waals surface area contributed by atoms with E-state index < -0.39 is 0 Å². The maximum absolute atomic E-state index is 12.0. The number of rotatable bonds is 6. The van der Waals surface area contributed by atoms with E-state index >= 15 is 0 Å². The third kappa shape index (κ3) is 4.42. The van der Waals surface area contributed by atoms with E-state index in [1.807, 2.05) is 6.92 Å². The fraction of sp³-hybridized carbons (Fsp3) is 0.308. The van der Waals surface area contributed by atoms with Crippen molar-refractivity contribution in [2.75, 3.05) is 11.9 Å². The first-order valence-corrected chi connectivity index (χ1v) is 7.19. The van der Waals surface area contributed by atoms with Crippen LogP contribution in [-0.4, -0.2) is 27.4 Å². The zero-order chi connectivity index (χ0) is 15.2. The average Bonchev–Trinajstić information content (AvgIpc) is 2.89. The molecular formula is C13H15Cl2N5O. The smallest absolute Gasteiger partial charge is 0.246 e. The molecule has 21 heavy (non-hydrogen) atoms. The Morgan fingerprint density at radius 2 is 2.19 bits per heavy atom. The molecule has 0 fully saturated rings. The van der Waals surface area contributed by atoms with Crippen molar-refractivity contribution in [3.63, 3.8) is 0 Å². The number of nitrogens with zero attached hydrogens (tertiary/aromatic N) is 3. The standard InChI is InChI=1S/C13H15Cl2N5O/c1-2-16-6-9-7-20(19-18-9)8-12(21)17-11-5-3-4-10(14)13(11)15/h3-5,7,16H,2,6,8H2,1H3,(H,17,21). The van der Waals surface area contributed by atoms with Crippen LogP contribution in [0.15, 0.2) is 24.4 Å². The first-order valence-electron chi connectivity index (χ1n) is 6.43. The average molecular weight is 328 g/mol. The predicted molar refractivity (Wildman–Crippen MR) is 82.5 cm³/mol. The summed E-state index contributed by atoms with van der Waals surface area (Å²) in [6.45, 7) is 3.54. The van der Waals surface area contributed by atoms with Crippen molar-refractivity contribution in [2.45, 2.75) is 20.0 Å². The summed E-state index contributed by atoms with van der Waals surface area (Å²) in [5.41, 5.74) is 1.26. The molecule has 0 aliphatic heterocycles. The minimum Gasteiger partial charge on any atom is -0.323 e. The summed E-state index contributed by atoms with van der Waals surface area (Å²) in [4.78, 5) is 12.0. The molecule has 0 saturated heterocycles. The molecule has 1 heterocycles. The van der Waals surface area contributed by atoms with Gasteiger partial charge in [0.15, 0.2) is 0 Å². The van der Waals surface area contributed by atoms with Gasteiger partial charge in [0.1, 0.15) is 6.54 Å². The highest BCUT2D eigenvalue weighted by atomic mass is 35.5. The molecule has 0 aliphatic carbocycles. The Morgan fingerprint density at radius 1 is 1.38 bits per heavy atom. The Bertz CT molecular complexity index is 629. The van der Waals surface area contributed by atoms with Gasteiger partial charge in [0.05, 0.1) is 27.6 Å². The SMILES string of the molecule is CCNCc1cn(CC(=O)Nc2cccc(Cl)c2Cl)nn1. The molecule has 8 heteroatoms. The number of nitrogens with one attached hydrogen (secondary N) is 2. The number of halogens is 2. The Labute approximate surface area is 132 Å². The molecule has 0 aliphatic rings. The minimum atomic E-state index is -0.251. The number of benzene rings is 1. The van der Waals surface area contributed by atoms with Crippen LogP contribution in [-0.2, 0) is 17.9 Å². The van der Waals surface area contributed by atoms with Crippen molar-refractivity contribution < 1.29 is 4.79 Å². The predicted octanol–water partition coefficient (Wildman–Crippen LogP) is 2.33. The molecule has 1 aromatic carbocycles. The lowest BCUT2D eigenvalue weighted by Gasteiger charge is -2.07. The van der Waals surface area contributed by atoms with Gasteiger partial charge in [-0.3, -0.25) is 4.79 Å². The van der Waals surface area contributed by atoms with Crippen molar-refractivity contribution >= 4 is 34.8 Å². The van der Waals surface area contributed by atoms with Crippen LogP contribution < -0.4 is 10.6 Å². The molecule has 2 aromatic rings. The van der Waals surface area contributed by atoms with E-state index in [0.717, 1.165) is 12.2 Å². The van der Waals surface area contributed by atoms with Gasteiger partial charge >= 0.3 is 0 Å². The lowest BCUT2D eigenvalue weighted by atomic mass is 10.3. The van der Waals surface area contributed by atoms with Crippen molar-refractivity contribution in [1.82, 2.24) is 20.3 Å². The zero-order valence-corrected chi connectivity index (χ0v) is 12.9. The Kier molecular flexibility index (Phi) is 5.55. The van der Waals surface area contributed by atoms with Crippen molar-refractivity contribution in [2.24, 2.45) is 0 Å². The monoisotopic (exact) mass is 327 g/mol. The fourth-order valence-corrected chi connectivity index (χ4v) is 2.03. The zero-order valence-electron chi connectivity index (χ0n) is 11.4. The molecule has 0 bridgehead atoms. The van der Waals surface area contributed by atoms with Crippen LogP contribution in [0, 0.1) is 0 Å². The van der Waals surface area contributed by atoms with Gasteiger partial charge in [-0.25, -0.2) is 4.68 Å². The molecule has 0 spiro atoms. The Balaban J connectivity index is 1.95. The lowest BCUT2D eigenvalue weighted by molar-refractivity contribution is -0.116. The molecule has 1 amide bonds. The van der Waals surface area contributed by atoms with Gasteiger partial charge in [0, 0.05) is 6.54 Å². The molecule has 2 rings (SSSR count). The largest absolute Gasteiger partial charge is 0.323 e. The van der Waals surface area contributed by atoms with Crippen LogP contribution in [0.5, 0.6) is 0 Å². The summed E-state index contributed by atoms with van der Waals surface area (Å²) in [5, 5.41) is 14.4. The molecule has 1 aromatic heterocycles. The third-order valence-corrected chi connectivity index (χ3v) is 3.49. The fourth-order valence-electron chi connectivity index (χ4n) is 1.69. The van der Waals surface area contributed by atoms with E-state index in [1.165, 1.54) is 4.68 Å². The van der Waals surface area contributed by atoms with E-state index in [4.69, 9.17) is 23.2 Å². The number of anilines is 1. The molecule has 0 saturated carbocycles. The van der Waals surface area contributed by atoms with Gasteiger partial charge in [-0.1, -0.05) is 41.4 Å². The molecular weight excluding hydrogens is 313 g/mol. The van der Waals surface area contributed by atoms with Crippen molar-refractivity contribution in [3.8, 4) is 0 Å². The van der Waals surface area contributed by atoms with Gasteiger partial charge in [-0.05, 0) is 18.7 Å². The number of carbonyl (C=O) groups is 1. The number of carbonyl (C=O) groups excluding carboxylic acids is 1. The van der Waals surface area contributed by atoms with Crippen LogP contribution in [0.1, 0.15) is 12.6 Å². The number of aromatic nitrogens is 3. The molecule has 112 valence electrons. The second kappa shape index (κ2) is 7.40. The third-order valence-electron chi connectivity index (χ3n) is 2.67. The summed E-state index contributed by atoms with van der Waals surface area (Å²) in [6, 6.07) is 5.06. The quantitative estimate of drug-likeness (QED) is 0.854. The molecule has 0 radical (unpaired) electrons. The van der Waals surface area contributed by atoms with Crippen LogP contribution in [0.25, 0.3) is 0 Å². The van der Waals surface area contributed by atoms with E-state index in [-0.39, 0.29) is 12.5 Å². The van der Waals surface area contributed by atoms with Gasteiger partial charge in [0.2, 0.25) is 5.91 Å². The lowest BCUT2D eigenvalue weighted by Crippen LogP contribution is -2.19. The highest BCUT2D eigenvalue weighted by molar-refractivity contribution is 6.43. The number of hydrogen-bond donors (Lipinski definition) is 2. The normalized spacial score (nSPS) is 10.6. The molecule has 0 atom stereocenters. The van der Waals surface area contributed by atoms with Crippen LogP contribution in [0.3, 0.4) is 0 Å². The second-order valence-corrected chi connectivity index (χ2v) is 5.12. The summed E-state index contributed by atoms with van der Waals surface area (Å²) in [5.74, 6) is -0.251. The summed E-state index contributed by atoms with van der Waals surface area (Å²) in [7, 11) is 0. The summed E-state index contributed by atoms with van der Waals surface area (Å²) < 4.78 is 1.47. The highest BCUT2D eigenvalue weighted by Gasteiger charge is 2.10. The minimum absolute atomic E-state index is 0.0575. The molecule has 0 unspecified atom stereocenters. The second-order valence-electron chi connectivity index (χ2n) is 4.34. The molecule has 6 nitrogen and oxygen atoms in total. The van der Waals surface area contributed by atoms with Gasteiger partial charge in [-0.2, -0.15) is 0 Å². The van der Waals surface area contributed by atoms with Gasteiger partial charge in [-0.15, -0.1) is 5.10 Å². The highest BCUT2D eigenvalue weighted by Crippen LogP contribution is 2.29. The van der Waals surface area contributed by atoms with E-state index in [0.29, 0.717) is 22.3 Å². The van der Waals surface area contributed by atoms with Gasteiger partial charge in [0.25, 0.3) is 0 Å². The van der Waals surface area contributed by atoms with E-state index in [1.54, 1.807) is 24.4 Å². The first-order chi connectivity index (χ1) is 10.1. The van der Waals surface area contributed by atoms with Gasteiger partial charge < -0.3 is 10.6 Å². The number of hydrogen-bond acceptors (Lipinski definition) is 4. The maximum Gasteiger partial charge on any atom is 0.246 e. The summed E-state index contributed by atoms with van der Waals surface area (Å²) in [6.07, 6.45) is 1.72. The maximum atomic E-state index is 12.0. The van der Waals surface area contributed by atoms with E-state index in [9.17, 15) is 4.79 Å². The molecule has 2 N–H and O–H groups in total. The van der Waals surface area contributed by atoms with Crippen molar-refractivity contribution in [1.29, 1.82) is 0 Å². The van der Waals surface area contributed by atoms with Crippen molar-refractivity contribution in [3.05, 3.63) is 40.1 Å². The van der Waals surface area contributed by atoms with Crippen LogP contribution in [0.2, 0.25) is 10.0 Å². The Morgan fingerprint density at radius 3 is 2.95 bits per heavy atom. The topological polar surface area (TPSA) is 71.8 Å². The van der Waals surface area contributed by atoms with E-state index in [2.05, 4.69) is 20.9 Å².